The van der Waals surface area contributed by atoms with Crippen LogP contribution >= 0.6 is 33.5 Å². The van der Waals surface area contributed by atoms with Crippen LogP contribution in [0.4, 0.5) is 0 Å². The molecule has 0 aliphatic rings. The van der Waals surface area contributed by atoms with E-state index in [4.69, 9.17) is 4.74 Å². The summed E-state index contributed by atoms with van der Waals surface area (Å²) in [6.07, 6.45) is 8.37. The van der Waals surface area contributed by atoms with Gasteiger partial charge in [0.1, 0.15) is 5.94 Å². The van der Waals surface area contributed by atoms with E-state index >= 15 is 0 Å². The Morgan fingerprint density at radius 3 is 2.77 bits per heavy atom. The van der Waals surface area contributed by atoms with E-state index in [1.165, 1.54) is 0 Å². The predicted octanol–water partition coefficient (Wildman–Crippen LogP) is 3.85. The third-order valence-corrected chi connectivity index (χ3v) is 5.98. The maximum Gasteiger partial charge on any atom is 0.220 e. The molecule has 0 atom stereocenters. The molecule has 22 heavy (non-hydrogen) atoms. The molecule has 4 nitrogen and oxygen atoms in total. The Balaban J connectivity index is 3.42. The molecule has 0 saturated carbocycles. The van der Waals surface area contributed by atoms with Crippen molar-refractivity contribution >= 4 is 39.4 Å². The van der Waals surface area contributed by atoms with Crippen molar-refractivity contribution in [3.05, 3.63) is 12.2 Å². The zero-order valence-corrected chi connectivity index (χ0v) is 16.6. The third-order valence-electron chi connectivity index (χ3n) is 2.57. The quantitative estimate of drug-likeness (QED) is 0.160. The Morgan fingerprint density at radius 2 is 2.09 bits per heavy atom. The minimum absolute atomic E-state index is 0.0932. The lowest BCUT2D eigenvalue weighted by Gasteiger charge is -2.22. The van der Waals surface area contributed by atoms with E-state index in [-0.39, 0.29) is 10.7 Å². The standard InChI is InChI=1S/C15H30N2O2S3/c1-5-6-7-10-16-14(18)9-8-11-19-13-21-22-15(2,3)12-17-20-4/h6-7,17H,5,8-13H2,1-4H3,(H,16,18)/b7-6+. The van der Waals surface area contributed by atoms with Crippen molar-refractivity contribution in [2.24, 2.45) is 0 Å². The Morgan fingerprint density at radius 1 is 1.32 bits per heavy atom. The van der Waals surface area contributed by atoms with Gasteiger partial charge in [-0.2, -0.15) is 0 Å². The summed E-state index contributed by atoms with van der Waals surface area (Å²) in [5, 5.41) is 2.86. The first-order chi connectivity index (χ1) is 10.5. The SMILES string of the molecule is CC/C=C/CNC(=O)CCCOCSSC(C)(C)CNSC. The molecule has 0 aromatic carbocycles. The fourth-order valence-electron chi connectivity index (χ4n) is 1.40. The molecule has 7 heteroatoms. The Bertz CT molecular complexity index is 313. The van der Waals surface area contributed by atoms with Crippen LogP contribution in [0.25, 0.3) is 0 Å². The number of ether oxygens (including phenoxy) is 1. The van der Waals surface area contributed by atoms with Crippen LogP contribution in [0.3, 0.4) is 0 Å². The molecule has 1 amide bonds. The first-order valence-corrected chi connectivity index (χ1v) is 11.1. The topological polar surface area (TPSA) is 50.4 Å². The van der Waals surface area contributed by atoms with Gasteiger partial charge in [0.25, 0.3) is 0 Å². The smallest absolute Gasteiger partial charge is 0.220 e. The lowest BCUT2D eigenvalue weighted by Crippen LogP contribution is -2.27. The highest BCUT2D eigenvalue weighted by Crippen LogP contribution is 2.35. The van der Waals surface area contributed by atoms with Crippen LogP contribution in [0.1, 0.15) is 40.0 Å². The molecule has 0 aromatic rings. The van der Waals surface area contributed by atoms with Gasteiger partial charge >= 0.3 is 0 Å². The van der Waals surface area contributed by atoms with E-state index in [9.17, 15) is 4.79 Å². The molecule has 0 bridgehead atoms. The molecular formula is C15H30N2O2S3. The minimum atomic E-state index is 0.0932. The lowest BCUT2D eigenvalue weighted by atomic mass is 10.2. The van der Waals surface area contributed by atoms with Crippen molar-refractivity contribution in [2.75, 3.05) is 31.9 Å². The van der Waals surface area contributed by atoms with Crippen LogP contribution in [0.2, 0.25) is 0 Å². The number of hydrogen-bond donors (Lipinski definition) is 2. The van der Waals surface area contributed by atoms with Gasteiger partial charge in [-0.15, -0.1) is 0 Å². The van der Waals surface area contributed by atoms with Gasteiger partial charge in [0.15, 0.2) is 0 Å². The highest BCUT2D eigenvalue weighted by molar-refractivity contribution is 8.77. The summed E-state index contributed by atoms with van der Waals surface area (Å²) in [4.78, 5) is 11.5. The highest BCUT2D eigenvalue weighted by atomic mass is 33.1. The van der Waals surface area contributed by atoms with E-state index in [2.05, 4.69) is 36.9 Å². The molecule has 0 heterocycles. The molecule has 130 valence electrons. The van der Waals surface area contributed by atoms with Gasteiger partial charge in [0.05, 0.1) is 0 Å². The molecule has 2 N–H and O–H groups in total. The summed E-state index contributed by atoms with van der Waals surface area (Å²) in [6.45, 7) is 8.72. The third kappa shape index (κ3) is 15.1. The number of rotatable bonds is 14. The maximum atomic E-state index is 11.5. The van der Waals surface area contributed by atoms with Gasteiger partial charge in [0, 0.05) is 30.9 Å². The maximum absolute atomic E-state index is 11.5. The fourth-order valence-corrected chi connectivity index (χ4v) is 4.16. The van der Waals surface area contributed by atoms with Crippen molar-refractivity contribution in [3.8, 4) is 0 Å². The summed E-state index contributed by atoms with van der Waals surface area (Å²) >= 11 is 1.64. The second kappa shape index (κ2) is 14.8. The minimum Gasteiger partial charge on any atom is -0.370 e. The summed E-state index contributed by atoms with van der Waals surface area (Å²) in [7, 11) is 3.55. The molecule has 0 saturated heterocycles. The molecule has 0 radical (unpaired) electrons. The summed E-state index contributed by atoms with van der Waals surface area (Å²) in [6, 6.07) is 0. The summed E-state index contributed by atoms with van der Waals surface area (Å²) < 4.78 is 9.01. The molecule has 0 aliphatic carbocycles. The monoisotopic (exact) mass is 366 g/mol. The molecule has 0 spiro atoms. The summed E-state index contributed by atoms with van der Waals surface area (Å²) in [5.74, 6) is 0.754. The van der Waals surface area contributed by atoms with Crippen LogP contribution in [-0.2, 0) is 9.53 Å². The fraction of sp³-hybridized carbons (Fsp3) is 0.800. The van der Waals surface area contributed by atoms with Gasteiger partial charge in [0.2, 0.25) is 5.91 Å². The molecule has 0 fully saturated rings. The average molecular weight is 367 g/mol. The van der Waals surface area contributed by atoms with Crippen molar-refractivity contribution < 1.29 is 9.53 Å². The number of nitrogens with one attached hydrogen (secondary N) is 2. The van der Waals surface area contributed by atoms with Crippen molar-refractivity contribution in [3.63, 3.8) is 0 Å². The van der Waals surface area contributed by atoms with Gasteiger partial charge in [-0.25, -0.2) is 0 Å². The normalized spacial score (nSPS) is 12.0. The Kier molecular flexibility index (Phi) is 14.9. The van der Waals surface area contributed by atoms with Gasteiger partial charge < -0.3 is 10.1 Å². The zero-order chi connectivity index (χ0) is 16.7. The molecule has 0 unspecified atom stereocenters. The number of carbonyl (C=O) groups is 1. The van der Waals surface area contributed by atoms with Crippen LogP contribution in [0.5, 0.6) is 0 Å². The van der Waals surface area contributed by atoms with Crippen LogP contribution in [0.15, 0.2) is 12.2 Å². The van der Waals surface area contributed by atoms with Crippen molar-refractivity contribution in [2.45, 2.75) is 44.8 Å². The van der Waals surface area contributed by atoms with Gasteiger partial charge in [-0.3, -0.25) is 9.52 Å². The van der Waals surface area contributed by atoms with E-state index < -0.39 is 0 Å². The number of amides is 1. The Hall–Kier alpha value is 0.180. The van der Waals surface area contributed by atoms with Crippen LogP contribution < -0.4 is 10.0 Å². The highest BCUT2D eigenvalue weighted by Gasteiger charge is 2.18. The number of hydrogen-bond acceptors (Lipinski definition) is 6. The lowest BCUT2D eigenvalue weighted by molar-refractivity contribution is -0.121. The molecular weight excluding hydrogens is 336 g/mol. The second-order valence-electron chi connectivity index (χ2n) is 5.30. The Labute approximate surface area is 147 Å². The average Bonchev–Trinajstić information content (AvgIpc) is 2.48. The van der Waals surface area contributed by atoms with Gasteiger partial charge in [-0.05, 0) is 32.9 Å². The van der Waals surface area contributed by atoms with Crippen LogP contribution in [-0.4, -0.2) is 42.5 Å². The van der Waals surface area contributed by atoms with Crippen LogP contribution in [0, 0.1) is 0 Å². The molecule has 0 aliphatic heterocycles. The van der Waals surface area contributed by atoms with E-state index in [1.807, 2.05) is 23.1 Å². The zero-order valence-electron chi connectivity index (χ0n) is 14.1. The molecule has 0 aromatic heterocycles. The van der Waals surface area contributed by atoms with Crippen molar-refractivity contribution in [1.29, 1.82) is 0 Å². The van der Waals surface area contributed by atoms with Gasteiger partial charge in [-0.1, -0.05) is 52.6 Å². The van der Waals surface area contributed by atoms with E-state index in [1.54, 1.807) is 22.7 Å². The number of allylic oxidation sites excluding steroid dienone is 1. The largest absolute Gasteiger partial charge is 0.370 e. The van der Waals surface area contributed by atoms with E-state index in [0.29, 0.717) is 25.5 Å². The number of carbonyl (C=O) groups excluding carboxylic acids is 1. The predicted molar refractivity (Wildman–Crippen MR) is 103 cm³/mol. The summed E-state index contributed by atoms with van der Waals surface area (Å²) in [5.41, 5.74) is 0. The first kappa shape index (κ1) is 22.2. The second-order valence-corrected chi connectivity index (χ2v) is 8.95. The first-order valence-electron chi connectivity index (χ1n) is 7.57. The van der Waals surface area contributed by atoms with Crippen molar-refractivity contribution in [1.82, 2.24) is 10.0 Å². The molecule has 0 rings (SSSR count). The van der Waals surface area contributed by atoms with E-state index in [0.717, 1.165) is 19.4 Å².